The Morgan fingerprint density at radius 1 is 1.17 bits per heavy atom. The van der Waals surface area contributed by atoms with Crippen molar-refractivity contribution >= 4 is 5.69 Å². The lowest BCUT2D eigenvalue weighted by molar-refractivity contribution is 0.0904. The molecule has 98 valence electrons. The summed E-state index contributed by atoms with van der Waals surface area (Å²) in [7, 11) is 0. The average Bonchev–Trinajstić information content (AvgIpc) is 2.24. The Bertz CT molecular complexity index is 396. The number of benzene rings is 1. The minimum Gasteiger partial charge on any atom is -0.370 e. The van der Waals surface area contributed by atoms with Crippen LogP contribution in [0.3, 0.4) is 0 Å². The van der Waals surface area contributed by atoms with Crippen molar-refractivity contribution in [1.29, 1.82) is 0 Å². The predicted octanol–water partition coefficient (Wildman–Crippen LogP) is 3.17. The van der Waals surface area contributed by atoms with E-state index >= 15 is 0 Å². The maximum Gasteiger partial charge on any atom is 0.0366 e. The Morgan fingerprint density at radius 3 is 2.33 bits per heavy atom. The fraction of sp³-hybridized carbons (Fsp3) is 0.625. The van der Waals surface area contributed by atoms with E-state index in [4.69, 9.17) is 0 Å². The SMILES string of the molecule is CC(C)NCc1ccc(N2CC3(CCC3)C2)cc1. The van der Waals surface area contributed by atoms with E-state index in [1.807, 2.05) is 0 Å². The molecule has 1 saturated heterocycles. The molecular formula is C16H24N2. The Hall–Kier alpha value is -1.02. The lowest BCUT2D eigenvalue weighted by Gasteiger charge is -2.57. The van der Waals surface area contributed by atoms with Gasteiger partial charge < -0.3 is 10.2 Å². The molecule has 1 saturated carbocycles. The lowest BCUT2D eigenvalue weighted by atomic mass is 9.63. The second-order valence-electron chi connectivity index (χ2n) is 6.41. The highest BCUT2D eigenvalue weighted by Crippen LogP contribution is 2.49. The third-order valence-electron chi connectivity index (χ3n) is 4.48. The van der Waals surface area contributed by atoms with Gasteiger partial charge in [-0.25, -0.2) is 0 Å². The van der Waals surface area contributed by atoms with Gasteiger partial charge in [0.15, 0.2) is 0 Å². The highest BCUT2D eigenvalue weighted by molar-refractivity contribution is 5.51. The summed E-state index contributed by atoms with van der Waals surface area (Å²) in [6.07, 6.45) is 4.37. The molecule has 0 unspecified atom stereocenters. The first-order valence-electron chi connectivity index (χ1n) is 7.24. The van der Waals surface area contributed by atoms with E-state index in [1.54, 1.807) is 0 Å². The Kier molecular flexibility index (Phi) is 3.06. The van der Waals surface area contributed by atoms with E-state index in [0.717, 1.165) is 12.0 Å². The molecule has 2 nitrogen and oxygen atoms in total. The van der Waals surface area contributed by atoms with E-state index in [9.17, 15) is 0 Å². The molecule has 1 spiro atoms. The summed E-state index contributed by atoms with van der Waals surface area (Å²) in [5, 5.41) is 3.46. The maximum atomic E-state index is 3.46. The number of nitrogens with zero attached hydrogens (tertiary/aromatic N) is 1. The Morgan fingerprint density at radius 2 is 1.83 bits per heavy atom. The van der Waals surface area contributed by atoms with Crippen LogP contribution in [-0.2, 0) is 6.54 Å². The second kappa shape index (κ2) is 4.58. The molecule has 3 rings (SSSR count). The van der Waals surface area contributed by atoms with Crippen LogP contribution in [0.5, 0.6) is 0 Å². The molecular weight excluding hydrogens is 220 g/mol. The molecule has 2 heteroatoms. The van der Waals surface area contributed by atoms with Gasteiger partial charge in [-0.3, -0.25) is 0 Å². The normalized spacial score (nSPS) is 20.9. The smallest absolute Gasteiger partial charge is 0.0366 e. The molecule has 1 aromatic carbocycles. The predicted molar refractivity (Wildman–Crippen MR) is 76.9 cm³/mol. The topological polar surface area (TPSA) is 15.3 Å². The maximum absolute atomic E-state index is 3.46. The molecule has 0 atom stereocenters. The minimum absolute atomic E-state index is 0.554. The Labute approximate surface area is 110 Å². The van der Waals surface area contributed by atoms with Gasteiger partial charge in [0.05, 0.1) is 0 Å². The summed E-state index contributed by atoms with van der Waals surface area (Å²) in [6.45, 7) is 7.92. The minimum atomic E-state index is 0.554. The molecule has 0 aromatic heterocycles. The van der Waals surface area contributed by atoms with Crippen molar-refractivity contribution in [3.8, 4) is 0 Å². The van der Waals surface area contributed by atoms with Crippen molar-refractivity contribution in [3.63, 3.8) is 0 Å². The first-order valence-corrected chi connectivity index (χ1v) is 7.24. The van der Waals surface area contributed by atoms with E-state index in [-0.39, 0.29) is 0 Å². The summed E-state index contributed by atoms with van der Waals surface area (Å²) in [5.74, 6) is 0. The Balaban J connectivity index is 1.55. The summed E-state index contributed by atoms with van der Waals surface area (Å²) in [5.41, 5.74) is 3.50. The molecule has 1 N–H and O–H groups in total. The summed E-state index contributed by atoms with van der Waals surface area (Å²) < 4.78 is 0. The van der Waals surface area contributed by atoms with Crippen LogP contribution >= 0.6 is 0 Å². The fourth-order valence-corrected chi connectivity index (χ4v) is 3.09. The standard InChI is InChI=1S/C16H24N2/c1-13(2)17-10-14-4-6-15(7-5-14)18-11-16(12-18)8-3-9-16/h4-7,13,17H,3,8-12H2,1-2H3. The lowest BCUT2D eigenvalue weighted by Crippen LogP contribution is -2.59. The van der Waals surface area contributed by atoms with Crippen molar-refractivity contribution in [1.82, 2.24) is 5.32 Å². The molecule has 1 aromatic rings. The number of hydrogen-bond acceptors (Lipinski definition) is 2. The third kappa shape index (κ3) is 2.26. The monoisotopic (exact) mass is 244 g/mol. The third-order valence-corrected chi connectivity index (χ3v) is 4.48. The van der Waals surface area contributed by atoms with Gasteiger partial charge in [-0.15, -0.1) is 0 Å². The molecule has 1 aliphatic heterocycles. The van der Waals surface area contributed by atoms with Crippen LogP contribution < -0.4 is 10.2 Å². The molecule has 0 amide bonds. The highest BCUT2D eigenvalue weighted by atomic mass is 15.2. The van der Waals surface area contributed by atoms with Crippen molar-refractivity contribution in [3.05, 3.63) is 29.8 Å². The van der Waals surface area contributed by atoms with E-state index in [2.05, 4.69) is 48.3 Å². The van der Waals surface area contributed by atoms with Crippen LogP contribution in [0.25, 0.3) is 0 Å². The van der Waals surface area contributed by atoms with Crippen LogP contribution in [0.2, 0.25) is 0 Å². The van der Waals surface area contributed by atoms with Crippen molar-refractivity contribution < 1.29 is 0 Å². The van der Waals surface area contributed by atoms with Crippen LogP contribution in [0.15, 0.2) is 24.3 Å². The van der Waals surface area contributed by atoms with Gasteiger partial charge in [0.25, 0.3) is 0 Å². The highest BCUT2D eigenvalue weighted by Gasteiger charge is 2.47. The zero-order valence-electron chi connectivity index (χ0n) is 11.6. The fourth-order valence-electron chi connectivity index (χ4n) is 3.09. The van der Waals surface area contributed by atoms with E-state index in [0.29, 0.717) is 6.04 Å². The van der Waals surface area contributed by atoms with Crippen LogP contribution in [0.1, 0.15) is 38.7 Å². The van der Waals surface area contributed by atoms with Gasteiger partial charge >= 0.3 is 0 Å². The first-order chi connectivity index (χ1) is 8.67. The summed E-state index contributed by atoms with van der Waals surface area (Å²) in [4.78, 5) is 2.53. The van der Waals surface area contributed by atoms with Crippen LogP contribution in [0, 0.1) is 5.41 Å². The zero-order valence-corrected chi connectivity index (χ0v) is 11.6. The number of hydrogen-bond donors (Lipinski definition) is 1. The molecule has 0 radical (unpaired) electrons. The molecule has 1 heterocycles. The molecule has 2 fully saturated rings. The largest absolute Gasteiger partial charge is 0.370 e. The molecule has 0 bridgehead atoms. The molecule has 18 heavy (non-hydrogen) atoms. The van der Waals surface area contributed by atoms with Gasteiger partial charge in [0, 0.05) is 36.8 Å². The van der Waals surface area contributed by atoms with Crippen LogP contribution in [0.4, 0.5) is 5.69 Å². The van der Waals surface area contributed by atoms with Gasteiger partial charge in [-0.05, 0) is 30.5 Å². The number of rotatable bonds is 4. The summed E-state index contributed by atoms with van der Waals surface area (Å²) >= 11 is 0. The van der Waals surface area contributed by atoms with Crippen molar-refractivity contribution in [2.24, 2.45) is 5.41 Å². The van der Waals surface area contributed by atoms with Gasteiger partial charge in [-0.1, -0.05) is 32.4 Å². The van der Waals surface area contributed by atoms with Gasteiger partial charge in [0.2, 0.25) is 0 Å². The number of nitrogens with one attached hydrogen (secondary N) is 1. The average molecular weight is 244 g/mol. The van der Waals surface area contributed by atoms with E-state index < -0.39 is 0 Å². The van der Waals surface area contributed by atoms with Crippen molar-refractivity contribution in [2.75, 3.05) is 18.0 Å². The zero-order chi connectivity index (χ0) is 12.6. The van der Waals surface area contributed by atoms with E-state index in [1.165, 1.54) is 43.6 Å². The van der Waals surface area contributed by atoms with Crippen molar-refractivity contribution in [2.45, 2.75) is 45.7 Å². The summed E-state index contributed by atoms with van der Waals surface area (Å²) in [6, 6.07) is 9.64. The second-order valence-corrected chi connectivity index (χ2v) is 6.41. The van der Waals surface area contributed by atoms with Gasteiger partial charge in [0.1, 0.15) is 0 Å². The van der Waals surface area contributed by atoms with Crippen LogP contribution in [-0.4, -0.2) is 19.1 Å². The molecule has 1 aliphatic carbocycles. The number of anilines is 1. The first kappa shape index (κ1) is 12.0. The quantitative estimate of drug-likeness (QED) is 0.875. The van der Waals surface area contributed by atoms with Gasteiger partial charge in [-0.2, -0.15) is 0 Å². The molecule has 2 aliphatic rings.